The predicted octanol–water partition coefficient (Wildman–Crippen LogP) is 5.93. The van der Waals surface area contributed by atoms with Crippen molar-refractivity contribution in [2.45, 2.75) is 18.8 Å². The zero-order valence-electron chi connectivity index (χ0n) is 20.1. The largest absolute Gasteiger partial charge is 0.489 e. The van der Waals surface area contributed by atoms with Gasteiger partial charge in [0.05, 0.1) is 6.61 Å². The first-order valence-electron chi connectivity index (χ1n) is 11.7. The smallest absolute Gasteiger partial charge is 0.257 e. The minimum absolute atomic E-state index is 0.0328. The Bertz CT molecular complexity index is 1340. The van der Waals surface area contributed by atoms with E-state index >= 15 is 0 Å². The molecule has 7 nitrogen and oxygen atoms in total. The third-order valence-electron chi connectivity index (χ3n) is 5.75. The maximum atomic E-state index is 13.3. The summed E-state index contributed by atoms with van der Waals surface area (Å²) in [7, 11) is 1.63. The van der Waals surface area contributed by atoms with Crippen LogP contribution in [0.5, 0.6) is 17.2 Å². The molecule has 1 N–H and O–H groups in total. The molecule has 0 spiro atoms. The Morgan fingerprint density at radius 3 is 2.46 bits per heavy atom. The van der Waals surface area contributed by atoms with Crippen molar-refractivity contribution in [3.63, 3.8) is 0 Å². The number of aromatic nitrogens is 1. The molecule has 0 aliphatic carbocycles. The molecule has 2 heterocycles. The van der Waals surface area contributed by atoms with Crippen molar-refractivity contribution in [2.75, 3.05) is 19.0 Å². The molecule has 0 radical (unpaired) electrons. The number of ether oxygens (including phenoxy) is 4. The molecule has 1 aliphatic heterocycles. The lowest BCUT2D eigenvalue weighted by molar-refractivity contribution is 0.0758. The summed E-state index contributed by atoms with van der Waals surface area (Å²) < 4.78 is 36.0. The van der Waals surface area contributed by atoms with Crippen LogP contribution in [0.4, 0.5) is 10.2 Å². The van der Waals surface area contributed by atoms with Crippen LogP contribution in [0.15, 0.2) is 91.1 Å². The molecule has 1 aromatic heterocycles. The second-order valence-corrected chi connectivity index (χ2v) is 8.48. The Balaban J connectivity index is 1.34. The molecule has 188 valence electrons. The molecule has 0 bridgehead atoms. The molecular weight excluding hydrogens is 475 g/mol. The van der Waals surface area contributed by atoms with Crippen molar-refractivity contribution in [1.82, 2.24) is 4.98 Å². The van der Waals surface area contributed by atoms with Crippen LogP contribution in [-0.4, -0.2) is 30.7 Å². The van der Waals surface area contributed by atoms with Crippen LogP contribution in [-0.2, 0) is 16.1 Å². The molecule has 0 saturated carbocycles. The first kappa shape index (κ1) is 24.4. The summed E-state index contributed by atoms with van der Waals surface area (Å²) in [5.41, 5.74) is 2.16. The topological polar surface area (TPSA) is 82.2 Å². The van der Waals surface area contributed by atoms with Crippen LogP contribution in [0.1, 0.15) is 27.6 Å². The Morgan fingerprint density at radius 1 is 1.03 bits per heavy atom. The molecule has 1 fully saturated rings. The monoisotopic (exact) mass is 500 g/mol. The van der Waals surface area contributed by atoms with E-state index in [1.165, 1.54) is 24.3 Å². The Kier molecular flexibility index (Phi) is 7.39. The summed E-state index contributed by atoms with van der Waals surface area (Å²) in [6.45, 7) is 0.971. The van der Waals surface area contributed by atoms with Gasteiger partial charge in [-0.1, -0.05) is 36.4 Å². The number of carbonyl (C=O) groups is 1. The molecule has 8 heteroatoms. The number of anilines is 1. The fourth-order valence-electron chi connectivity index (χ4n) is 3.79. The average molecular weight is 501 g/mol. The fraction of sp³-hybridized carbons (Fsp3) is 0.172. The van der Waals surface area contributed by atoms with Crippen molar-refractivity contribution in [2.24, 2.45) is 0 Å². The number of hydrogen-bond donors (Lipinski definition) is 1. The van der Waals surface area contributed by atoms with Crippen LogP contribution in [0, 0.1) is 5.82 Å². The molecule has 1 saturated heterocycles. The summed E-state index contributed by atoms with van der Waals surface area (Å²) in [6.07, 6.45) is 1.50. The van der Waals surface area contributed by atoms with Gasteiger partial charge >= 0.3 is 0 Å². The van der Waals surface area contributed by atoms with Crippen molar-refractivity contribution in [3.8, 4) is 17.2 Å². The predicted molar refractivity (Wildman–Crippen MR) is 135 cm³/mol. The normalized spacial score (nSPS) is 15.0. The van der Waals surface area contributed by atoms with Crippen molar-refractivity contribution >= 4 is 11.7 Å². The highest BCUT2D eigenvalue weighted by Crippen LogP contribution is 2.31. The number of methoxy groups -OCH3 is 1. The Labute approximate surface area is 213 Å². The van der Waals surface area contributed by atoms with Gasteiger partial charge in [-0.2, -0.15) is 0 Å². The minimum Gasteiger partial charge on any atom is -0.489 e. The zero-order valence-corrected chi connectivity index (χ0v) is 20.1. The summed E-state index contributed by atoms with van der Waals surface area (Å²) in [5.74, 6) is 0.882. The highest BCUT2D eigenvalue weighted by Gasteiger charge is 2.34. The highest BCUT2D eigenvalue weighted by atomic mass is 19.1. The van der Waals surface area contributed by atoms with E-state index in [2.05, 4.69) is 10.3 Å². The van der Waals surface area contributed by atoms with E-state index < -0.39 is 0 Å². The van der Waals surface area contributed by atoms with E-state index in [9.17, 15) is 9.18 Å². The van der Waals surface area contributed by atoms with Gasteiger partial charge in [-0.25, -0.2) is 9.37 Å². The number of nitrogens with zero attached hydrogens (tertiary/aromatic N) is 1. The summed E-state index contributed by atoms with van der Waals surface area (Å²) >= 11 is 0. The van der Waals surface area contributed by atoms with Gasteiger partial charge in [-0.15, -0.1) is 0 Å². The molecule has 2 atom stereocenters. The number of amides is 1. The number of pyridine rings is 1. The summed E-state index contributed by atoms with van der Waals surface area (Å²) in [4.78, 5) is 17.5. The first-order valence-corrected chi connectivity index (χ1v) is 11.7. The molecule has 2 unspecified atom stereocenters. The van der Waals surface area contributed by atoms with Gasteiger partial charge < -0.3 is 24.3 Å². The number of nitrogens with one attached hydrogen (secondary N) is 1. The summed E-state index contributed by atoms with van der Waals surface area (Å²) in [6, 6.07) is 23.8. The molecule has 5 rings (SSSR count). The SMILES string of the molecule is COC(c1ccc(NC(=O)c2cc(OCc3ccccc3)cc(Oc3ccc(F)cc3)c2)nc1)C1CO1. The second kappa shape index (κ2) is 11.2. The lowest BCUT2D eigenvalue weighted by Crippen LogP contribution is -2.14. The molecule has 3 aromatic carbocycles. The third kappa shape index (κ3) is 6.49. The Hall–Kier alpha value is -4.27. The highest BCUT2D eigenvalue weighted by molar-refractivity contribution is 6.04. The van der Waals surface area contributed by atoms with Crippen LogP contribution in [0.25, 0.3) is 0 Å². The van der Waals surface area contributed by atoms with Crippen molar-refractivity contribution in [3.05, 3.63) is 114 Å². The quantitative estimate of drug-likeness (QED) is 0.272. The molecule has 1 aliphatic rings. The maximum absolute atomic E-state index is 13.3. The number of benzene rings is 3. The van der Waals surface area contributed by atoms with Gasteiger partial charge in [0.15, 0.2) is 0 Å². The lowest BCUT2D eigenvalue weighted by atomic mass is 10.1. The van der Waals surface area contributed by atoms with E-state index in [1.807, 2.05) is 36.4 Å². The minimum atomic E-state index is -0.386. The molecule has 1 amide bonds. The molecule has 37 heavy (non-hydrogen) atoms. The number of carbonyl (C=O) groups excluding carboxylic acids is 1. The number of rotatable bonds is 10. The summed E-state index contributed by atoms with van der Waals surface area (Å²) in [5, 5.41) is 2.80. The fourth-order valence-corrected chi connectivity index (χ4v) is 3.79. The molecule has 4 aromatic rings. The standard InChI is InChI=1S/C29H25FN2O5/c1-34-28(26-18-36-26)20-7-12-27(31-16-20)32-29(33)21-13-24(35-17-19-5-3-2-4-6-19)15-25(14-21)37-23-10-8-22(30)9-11-23/h2-16,26,28H,17-18H2,1H3,(H,31,32,33). The number of halogens is 1. The van der Waals surface area contributed by atoms with Crippen molar-refractivity contribution < 1.29 is 28.1 Å². The van der Waals surface area contributed by atoms with E-state index in [0.717, 1.165) is 11.1 Å². The third-order valence-corrected chi connectivity index (χ3v) is 5.75. The van der Waals surface area contributed by atoms with Gasteiger partial charge in [0.2, 0.25) is 0 Å². The van der Waals surface area contributed by atoms with E-state index in [1.54, 1.807) is 37.6 Å². The lowest BCUT2D eigenvalue weighted by Gasteiger charge is -2.14. The second-order valence-electron chi connectivity index (χ2n) is 8.48. The van der Waals surface area contributed by atoms with Crippen LogP contribution in [0.3, 0.4) is 0 Å². The number of epoxide rings is 1. The van der Waals surface area contributed by atoms with Crippen LogP contribution < -0.4 is 14.8 Å². The van der Waals surface area contributed by atoms with Gasteiger partial charge in [-0.3, -0.25) is 4.79 Å². The Morgan fingerprint density at radius 2 is 1.78 bits per heavy atom. The van der Waals surface area contributed by atoms with E-state index in [-0.39, 0.29) is 23.9 Å². The van der Waals surface area contributed by atoms with E-state index in [0.29, 0.717) is 41.8 Å². The zero-order chi connectivity index (χ0) is 25.6. The van der Waals surface area contributed by atoms with Gasteiger partial charge in [0, 0.05) is 30.5 Å². The van der Waals surface area contributed by atoms with Gasteiger partial charge in [-0.05, 0) is 48.0 Å². The first-order chi connectivity index (χ1) is 18.1. The molecular formula is C29H25FN2O5. The van der Waals surface area contributed by atoms with Crippen molar-refractivity contribution in [1.29, 1.82) is 0 Å². The van der Waals surface area contributed by atoms with Gasteiger partial charge in [0.25, 0.3) is 5.91 Å². The number of hydrogen-bond acceptors (Lipinski definition) is 6. The van der Waals surface area contributed by atoms with Crippen LogP contribution in [0.2, 0.25) is 0 Å². The van der Waals surface area contributed by atoms with Gasteiger partial charge in [0.1, 0.15) is 47.7 Å². The van der Waals surface area contributed by atoms with E-state index in [4.69, 9.17) is 18.9 Å². The maximum Gasteiger partial charge on any atom is 0.257 e. The van der Waals surface area contributed by atoms with Crippen LogP contribution >= 0.6 is 0 Å². The average Bonchev–Trinajstić information content (AvgIpc) is 3.76.